The van der Waals surface area contributed by atoms with Gasteiger partial charge in [-0.25, -0.2) is 4.98 Å². The molecule has 0 bridgehead atoms. The lowest BCUT2D eigenvalue weighted by Crippen LogP contribution is -2.41. The molecule has 2 N–H and O–H groups in total. The van der Waals surface area contributed by atoms with Crippen LogP contribution in [0.1, 0.15) is 23.8 Å². The molecule has 1 unspecified atom stereocenters. The van der Waals surface area contributed by atoms with Crippen molar-refractivity contribution in [1.82, 2.24) is 20.5 Å². The van der Waals surface area contributed by atoms with Crippen molar-refractivity contribution in [3.05, 3.63) is 53.5 Å². The third kappa shape index (κ3) is 4.20. The molecule has 4 heterocycles. The van der Waals surface area contributed by atoms with E-state index in [1.807, 2.05) is 31.5 Å². The highest BCUT2D eigenvalue weighted by Crippen LogP contribution is 2.23. The zero-order valence-electron chi connectivity index (χ0n) is 15.7. The molecular formula is C20H25N5O2. The van der Waals surface area contributed by atoms with Gasteiger partial charge in [-0.05, 0) is 37.6 Å². The number of pyridine rings is 1. The zero-order chi connectivity index (χ0) is 18.6. The Labute approximate surface area is 158 Å². The fraction of sp³-hybridized carbons (Fsp3) is 0.400. The molecule has 142 valence electrons. The van der Waals surface area contributed by atoms with Crippen LogP contribution in [0.15, 0.2) is 41.1 Å². The number of aryl methyl sites for hydroxylation is 1. The highest BCUT2D eigenvalue weighted by Gasteiger charge is 2.17. The highest BCUT2D eigenvalue weighted by molar-refractivity contribution is 5.56. The quantitative estimate of drug-likeness (QED) is 0.697. The molecular weight excluding hydrogens is 342 g/mol. The number of hydrogen-bond acceptors (Lipinski definition) is 6. The zero-order valence-corrected chi connectivity index (χ0v) is 15.7. The van der Waals surface area contributed by atoms with Crippen LogP contribution >= 0.6 is 0 Å². The van der Waals surface area contributed by atoms with Gasteiger partial charge in [0, 0.05) is 37.9 Å². The topological polar surface area (TPSA) is 79.2 Å². The Hall–Kier alpha value is -2.64. The molecule has 0 amide bonds. The van der Waals surface area contributed by atoms with Crippen molar-refractivity contribution in [1.29, 1.82) is 0 Å². The van der Waals surface area contributed by atoms with E-state index in [0.29, 0.717) is 6.54 Å². The average molecular weight is 367 g/mol. The summed E-state index contributed by atoms with van der Waals surface area (Å²) < 4.78 is 11.3. The van der Waals surface area contributed by atoms with Crippen LogP contribution in [-0.2, 0) is 17.8 Å². The number of anilines is 1. The fourth-order valence-electron chi connectivity index (χ4n) is 3.30. The molecule has 0 aromatic carbocycles. The van der Waals surface area contributed by atoms with Crippen LogP contribution in [-0.4, -0.2) is 41.0 Å². The van der Waals surface area contributed by atoms with Gasteiger partial charge in [0.2, 0.25) is 0 Å². The molecule has 7 heteroatoms. The van der Waals surface area contributed by atoms with E-state index < -0.39 is 0 Å². The molecule has 3 aromatic rings. The van der Waals surface area contributed by atoms with E-state index >= 15 is 0 Å². The number of morpholine rings is 1. The second-order valence-corrected chi connectivity index (χ2v) is 6.94. The number of nitrogens with one attached hydrogen (secondary N) is 2. The summed E-state index contributed by atoms with van der Waals surface area (Å²) in [5.74, 6) is 2.71. The van der Waals surface area contributed by atoms with Crippen LogP contribution in [0.2, 0.25) is 0 Å². The summed E-state index contributed by atoms with van der Waals surface area (Å²) in [4.78, 5) is 6.89. The van der Waals surface area contributed by atoms with Gasteiger partial charge >= 0.3 is 0 Å². The first kappa shape index (κ1) is 17.8. The van der Waals surface area contributed by atoms with Gasteiger partial charge in [0.25, 0.3) is 0 Å². The maximum absolute atomic E-state index is 5.69. The first-order valence-corrected chi connectivity index (χ1v) is 9.30. The minimum Gasteiger partial charge on any atom is -0.460 e. The monoisotopic (exact) mass is 367 g/mol. The molecule has 0 radical (unpaired) electrons. The molecule has 7 nitrogen and oxygen atoms in total. The van der Waals surface area contributed by atoms with Gasteiger partial charge in [-0.2, -0.15) is 5.10 Å². The molecule has 1 aliphatic heterocycles. The average Bonchev–Trinajstić information content (AvgIpc) is 3.31. The summed E-state index contributed by atoms with van der Waals surface area (Å²) in [6.07, 6.45) is 4.03. The molecule has 0 spiro atoms. The van der Waals surface area contributed by atoms with Crippen LogP contribution in [0.25, 0.3) is 11.5 Å². The van der Waals surface area contributed by atoms with Crippen LogP contribution in [0.4, 0.5) is 5.82 Å². The van der Waals surface area contributed by atoms with Crippen LogP contribution in [0, 0.1) is 6.92 Å². The number of H-pyrrole nitrogens is 1. The first-order valence-electron chi connectivity index (χ1n) is 9.30. The van der Waals surface area contributed by atoms with E-state index in [2.05, 4.69) is 44.5 Å². The van der Waals surface area contributed by atoms with Crippen molar-refractivity contribution < 1.29 is 9.15 Å². The van der Waals surface area contributed by atoms with E-state index in [9.17, 15) is 0 Å². The Morgan fingerprint density at radius 2 is 2.15 bits per heavy atom. The van der Waals surface area contributed by atoms with Crippen molar-refractivity contribution >= 4 is 5.82 Å². The maximum Gasteiger partial charge on any atom is 0.152 e. The number of furan rings is 1. The lowest BCUT2D eigenvalue weighted by Gasteiger charge is -2.32. The summed E-state index contributed by atoms with van der Waals surface area (Å²) in [5.41, 5.74) is 3.15. The molecule has 0 saturated carbocycles. The standard InChI is InChI=1S/C20H25N5O2/c1-14-3-5-18(27-14)20-17(12-23-24-20)11-21-9-16-4-6-19(22-10-16)25-7-8-26-15(2)13-25/h3-6,10,12,15,21H,7-9,11,13H2,1-2H3,(H,23,24). The molecule has 3 aromatic heterocycles. The van der Waals surface area contributed by atoms with Gasteiger partial charge in [-0.3, -0.25) is 5.10 Å². The Balaban J connectivity index is 1.33. The molecule has 1 saturated heterocycles. The number of aromatic nitrogens is 3. The Kier molecular flexibility index (Phi) is 5.22. The van der Waals surface area contributed by atoms with E-state index in [1.165, 1.54) is 0 Å². The Bertz CT molecular complexity index is 871. The third-order valence-corrected chi connectivity index (χ3v) is 4.72. The predicted molar refractivity (Wildman–Crippen MR) is 103 cm³/mol. The molecule has 27 heavy (non-hydrogen) atoms. The molecule has 1 aliphatic rings. The van der Waals surface area contributed by atoms with Gasteiger partial charge in [-0.15, -0.1) is 0 Å². The van der Waals surface area contributed by atoms with E-state index in [4.69, 9.17) is 9.15 Å². The van der Waals surface area contributed by atoms with Gasteiger partial charge < -0.3 is 19.4 Å². The maximum atomic E-state index is 5.69. The first-order chi connectivity index (χ1) is 13.2. The van der Waals surface area contributed by atoms with Crippen molar-refractivity contribution in [3.8, 4) is 11.5 Å². The molecule has 4 rings (SSSR count). The largest absolute Gasteiger partial charge is 0.460 e. The van der Waals surface area contributed by atoms with Crippen molar-refractivity contribution in [2.75, 3.05) is 24.6 Å². The minimum atomic E-state index is 0.254. The number of hydrogen-bond donors (Lipinski definition) is 2. The van der Waals surface area contributed by atoms with Gasteiger partial charge in [0.05, 0.1) is 18.9 Å². The van der Waals surface area contributed by atoms with Crippen LogP contribution in [0.3, 0.4) is 0 Å². The summed E-state index contributed by atoms with van der Waals surface area (Å²) in [7, 11) is 0. The number of nitrogens with zero attached hydrogens (tertiary/aromatic N) is 3. The van der Waals surface area contributed by atoms with Gasteiger partial charge in [0.1, 0.15) is 17.3 Å². The Morgan fingerprint density at radius 1 is 1.22 bits per heavy atom. The normalized spacial score (nSPS) is 17.4. The molecule has 1 atom stereocenters. The SMILES string of the molecule is Cc1ccc(-c2[nH]ncc2CNCc2ccc(N3CCOC(C)C3)nc2)o1. The molecule has 1 fully saturated rings. The van der Waals surface area contributed by atoms with E-state index in [0.717, 1.165) is 60.4 Å². The van der Waals surface area contributed by atoms with Gasteiger partial charge in [0.15, 0.2) is 5.76 Å². The minimum absolute atomic E-state index is 0.254. The summed E-state index contributed by atoms with van der Waals surface area (Å²) in [6.45, 7) is 8.02. The lowest BCUT2D eigenvalue weighted by atomic mass is 10.2. The third-order valence-electron chi connectivity index (χ3n) is 4.72. The second kappa shape index (κ2) is 7.94. The summed E-state index contributed by atoms with van der Waals surface area (Å²) in [5, 5.41) is 10.6. The smallest absolute Gasteiger partial charge is 0.152 e. The van der Waals surface area contributed by atoms with Crippen LogP contribution < -0.4 is 10.2 Å². The van der Waals surface area contributed by atoms with E-state index in [1.54, 1.807) is 0 Å². The highest BCUT2D eigenvalue weighted by atomic mass is 16.5. The molecule has 0 aliphatic carbocycles. The van der Waals surface area contributed by atoms with Gasteiger partial charge in [-0.1, -0.05) is 6.07 Å². The number of rotatable bonds is 6. The summed E-state index contributed by atoms with van der Waals surface area (Å²) in [6, 6.07) is 8.13. The number of ether oxygens (including phenoxy) is 1. The van der Waals surface area contributed by atoms with E-state index in [-0.39, 0.29) is 6.10 Å². The van der Waals surface area contributed by atoms with Crippen molar-refractivity contribution in [2.45, 2.75) is 33.0 Å². The second-order valence-electron chi connectivity index (χ2n) is 6.94. The fourth-order valence-corrected chi connectivity index (χ4v) is 3.30. The van der Waals surface area contributed by atoms with Crippen molar-refractivity contribution in [2.24, 2.45) is 0 Å². The van der Waals surface area contributed by atoms with Crippen LogP contribution in [0.5, 0.6) is 0 Å². The number of aromatic amines is 1. The van der Waals surface area contributed by atoms with Crippen molar-refractivity contribution in [3.63, 3.8) is 0 Å². The lowest BCUT2D eigenvalue weighted by molar-refractivity contribution is 0.0529. The summed E-state index contributed by atoms with van der Waals surface area (Å²) >= 11 is 0. The predicted octanol–water partition coefficient (Wildman–Crippen LogP) is 2.89. The Morgan fingerprint density at radius 3 is 2.89 bits per heavy atom.